The molecule has 0 amide bonds. The number of hydrogen-bond acceptors (Lipinski definition) is 3. The Bertz CT molecular complexity index is 1670. The average molecular weight is 766 g/mol. The molecule has 41 heavy (non-hydrogen) atoms. The first-order valence-corrected chi connectivity index (χ1v) is 20.7. The van der Waals surface area contributed by atoms with Crippen LogP contribution < -0.4 is 36.7 Å². The monoisotopic (exact) mass is 766 g/mol. The van der Waals surface area contributed by atoms with E-state index in [-0.39, 0.29) is 25.8 Å². The Morgan fingerprint density at radius 3 is 1.83 bits per heavy atom. The van der Waals surface area contributed by atoms with E-state index in [0.29, 0.717) is 0 Å². The van der Waals surface area contributed by atoms with Gasteiger partial charge in [0.15, 0.2) is 0 Å². The Kier molecular flexibility index (Phi) is 8.12. The molecule has 1 atom stereocenters. The molecule has 4 heterocycles. The van der Waals surface area contributed by atoms with Gasteiger partial charge in [0.05, 0.1) is 16.1 Å². The maximum absolute atomic E-state index is 10.1. The smallest absolute Gasteiger partial charge is 0.354 e. The molecular formula is C33H30IrN2O2PSi2-. The molecule has 0 spiro atoms. The molecule has 207 valence electrons. The van der Waals surface area contributed by atoms with Gasteiger partial charge in [-0.3, -0.25) is 0 Å². The molecule has 0 bridgehead atoms. The number of pyridine rings is 2. The molecule has 0 saturated heterocycles. The number of carbonyl (C=O) groups is 1. The van der Waals surface area contributed by atoms with Gasteiger partial charge in [0.2, 0.25) is 0 Å². The van der Waals surface area contributed by atoms with Crippen LogP contribution in [0.3, 0.4) is 0 Å². The van der Waals surface area contributed by atoms with Gasteiger partial charge in [-0.2, -0.15) is 0 Å². The number of rotatable bonds is 2. The van der Waals surface area contributed by atoms with E-state index >= 15 is 0 Å². The Hall–Kier alpha value is -3.06. The minimum atomic E-state index is -1.88. The number of aromatic carboxylic acids is 1. The van der Waals surface area contributed by atoms with Crippen LogP contribution in [0, 0.1) is 6.07 Å². The summed E-state index contributed by atoms with van der Waals surface area (Å²) in [4.78, 5) is 18.4. The molecule has 0 saturated carbocycles. The summed E-state index contributed by atoms with van der Waals surface area (Å²) in [6.07, 6.45) is 3.35. The maximum atomic E-state index is 10.1. The van der Waals surface area contributed by atoms with Crippen LogP contribution >= 0.6 is 7.92 Å². The van der Waals surface area contributed by atoms with Crippen LogP contribution in [-0.2, 0) is 20.1 Å². The first-order valence-electron chi connectivity index (χ1n) is 13.4. The predicted octanol–water partition coefficient (Wildman–Crippen LogP) is 3.36. The summed E-state index contributed by atoms with van der Waals surface area (Å²) in [6, 6.07) is 35.9. The number of nitrogens with zero attached hydrogens (tertiary/aromatic N) is 2. The standard InChI is InChI=1S/C27H25NPSi2.C6H5NO2.Ir/c1-30(2)23-14-7-5-12-21(23)29-22-13-6-8-15-24(22)31(3,4)26-18-19(17-25(30)27(26)29)20-11-9-10-16-28-20;8-6(9)5-3-1-2-4-7-5;/h5-17H,1-4H3;1-4H,(H,8,9);/q-1;;. The van der Waals surface area contributed by atoms with Crippen LogP contribution in [0.2, 0.25) is 26.2 Å². The van der Waals surface area contributed by atoms with Crippen molar-refractivity contribution in [2.75, 3.05) is 0 Å². The molecule has 2 aromatic heterocycles. The van der Waals surface area contributed by atoms with E-state index in [1.54, 1.807) is 43.6 Å². The van der Waals surface area contributed by atoms with Crippen molar-refractivity contribution in [2.24, 2.45) is 0 Å². The van der Waals surface area contributed by atoms with Crippen molar-refractivity contribution in [1.82, 2.24) is 9.97 Å². The topological polar surface area (TPSA) is 63.1 Å². The molecule has 5 aromatic rings. The van der Waals surface area contributed by atoms with Crippen LogP contribution in [0.15, 0.2) is 103 Å². The molecule has 3 aromatic carbocycles. The molecule has 1 unspecified atom stereocenters. The molecule has 1 radical (unpaired) electrons. The van der Waals surface area contributed by atoms with E-state index in [9.17, 15) is 4.79 Å². The molecule has 7 rings (SSSR count). The van der Waals surface area contributed by atoms with Gasteiger partial charge in [0.25, 0.3) is 0 Å². The maximum Gasteiger partial charge on any atom is 0.354 e. The molecule has 2 aliphatic rings. The van der Waals surface area contributed by atoms with Crippen molar-refractivity contribution in [3.63, 3.8) is 0 Å². The van der Waals surface area contributed by atoms with E-state index in [4.69, 9.17) is 10.1 Å². The molecule has 8 heteroatoms. The second-order valence-electron chi connectivity index (χ2n) is 11.2. The van der Waals surface area contributed by atoms with Crippen molar-refractivity contribution in [3.05, 3.63) is 115 Å². The van der Waals surface area contributed by atoms with Crippen LogP contribution in [0.25, 0.3) is 11.3 Å². The Morgan fingerprint density at radius 1 is 0.732 bits per heavy atom. The quantitative estimate of drug-likeness (QED) is 0.170. The Balaban J connectivity index is 0.000000291. The third kappa shape index (κ3) is 5.00. The van der Waals surface area contributed by atoms with Crippen molar-refractivity contribution >= 4 is 66.7 Å². The number of carboxylic acid groups (broad SMARTS) is 1. The third-order valence-corrected chi connectivity index (χ3v) is 18.5. The second-order valence-corrected chi connectivity index (χ2v) is 21.9. The zero-order chi connectivity index (χ0) is 28.1. The van der Waals surface area contributed by atoms with Crippen LogP contribution in [0.5, 0.6) is 0 Å². The van der Waals surface area contributed by atoms with E-state index in [1.165, 1.54) is 23.0 Å². The summed E-state index contributed by atoms with van der Waals surface area (Å²) in [7, 11) is -4.26. The molecule has 0 fully saturated rings. The fraction of sp³-hybridized carbons (Fsp3) is 0.121. The van der Waals surface area contributed by atoms with Crippen molar-refractivity contribution in [1.29, 1.82) is 0 Å². The van der Waals surface area contributed by atoms with Gasteiger partial charge in [-0.05, 0) is 44.9 Å². The summed E-state index contributed by atoms with van der Waals surface area (Å²) < 4.78 is 0. The number of carboxylic acids is 1. The first-order chi connectivity index (χ1) is 19.2. The summed E-state index contributed by atoms with van der Waals surface area (Å²) in [5.74, 6) is -0.990. The van der Waals surface area contributed by atoms with E-state index in [2.05, 4.69) is 104 Å². The molecule has 0 aliphatic carbocycles. The number of aromatic nitrogens is 2. The van der Waals surface area contributed by atoms with Gasteiger partial charge in [0, 0.05) is 32.5 Å². The second kappa shape index (κ2) is 11.3. The number of hydrogen-bond donors (Lipinski definition) is 1. The van der Waals surface area contributed by atoms with Crippen molar-refractivity contribution < 1.29 is 30.0 Å². The largest absolute Gasteiger partial charge is 0.477 e. The van der Waals surface area contributed by atoms with Gasteiger partial charge in [-0.1, -0.05) is 106 Å². The minimum Gasteiger partial charge on any atom is -0.477 e. The fourth-order valence-electron chi connectivity index (χ4n) is 5.93. The molecular weight excluding hydrogens is 736 g/mol. The summed E-state index contributed by atoms with van der Waals surface area (Å²) >= 11 is 0. The van der Waals surface area contributed by atoms with E-state index < -0.39 is 30.0 Å². The van der Waals surface area contributed by atoms with Crippen LogP contribution in [-0.4, -0.2) is 37.2 Å². The fourth-order valence-corrected chi connectivity index (χ4v) is 18.6. The van der Waals surface area contributed by atoms with Crippen molar-refractivity contribution in [2.45, 2.75) is 26.2 Å². The van der Waals surface area contributed by atoms with E-state index in [1.807, 2.05) is 12.3 Å². The summed E-state index contributed by atoms with van der Waals surface area (Å²) in [5, 5.41) is 19.5. The Morgan fingerprint density at radius 2 is 1.29 bits per heavy atom. The first kappa shape index (κ1) is 29.4. The molecule has 4 nitrogen and oxygen atoms in total. The zero-order valence-corrected chi connectivity index (χ0v) is 28.6. The van der Waals surface area contributed by atoms with Gasteiger partial charge in [-0.15, -0.1) is 28.1 Å². The van der Waals surface area contributed by atoms with Gasteiger partial charge >= 0.3 is 5.97 Å². The summed E-state index contributed by atoms with van der Waals surface area (Å²) in [6.45, 7) is 10.1. The normalized spacial score (nSPS) is 16.4. The average Bonchev–Trinajstić information content (AvgIpc) is 2.98. The van der Waals surface area contributed by atoms with Gasteiger partial charge in [-0.25, -0.2) is 9.78 Å². The Labute approximate surface area is 258 Å². The molecule has 2 aliphatic heterocycles. The van der Waals surface area contributed by atoms with Gasteiger partial charge < -0.3 is 10.1 Å². The van der Waals surface area contributed by atoms with Crippen molar-refractivity contribution in [3.8, 4) is 11.3 Å². The minimum absolute atomic E-state index is 0. The zero-order valence-electron chi connectivity index (χ0n) is 23.3. The summed E-state index contributed by atoms with van der Waals surface area (Å²) in [5.41, 5.74) is 2.29. The molecule has 1 N–H and O–H groups in total. The van der Waals surface area contributed by atoms with E-state index in [0.717, 1.165) is 5.69 Å². The number of benzene rings is 3. The SMILES string of the molecule is C[Si]1(C)c2[c-]c(-c3ccccn3)cc3c2P(c2ccccc21)c1ccccc1[Si]3(C)C.O=C(O)c1ccccn1.[Ir]. The van der Waals surface area contributed by atoms with Crippen LogP contribution in [0.4, 0.5) is 0 Å². The number of fused-ring (bicyclic) bond motifs is 4. The predicted molar refractivity (Wildman–Crippen MR) is 172 cm³/mol. The van der Waals surface area contributed by atoms with Crippen LogP contribution in [0.1, 0.15) is 10.5 Å². The third-order valence-electron chi connectivity index (χ3n) is 8.02. The van der Waals surface area contributed by atoms with Gasteiger partial charge in [0.1, 0.15) is 5.69 Å².